The predicted octanol–water partition coefficient (Wildman–Crippen LogP) is -1.49. The van der Waals surface area contributed by atoms with Crippen LogP contribution in [-0.4, -0.2) is 26.2 Å². The summed E-state index contributed by atoms with van der Waals surface area (Å²) < 4.78 is 0. The third-order valence-corrected chi connectivity index (χ3v) is 1.31. The molecule has 1 aliphatic heterocycles. The van der Waals surface area contributed by atoms with E-state index in [9.17, 15) is 0 Å². The molecular weight excluding hydrogens is 88.1 g/mol. The molecule has 2 nitrogen and oxygen atoms in total. The van der Waals surface area contributed by atoms with Crippen LogP contribution in [-0.2, 0) is 0 Å². The smallest absolute Gasteiger partial charge is 0.0657 e. The van der Waals surface area contributed by atoms with Crippen molar-refractivity contribution >= 4 is 0 Å². The quantitative estimate of drug-likeness (QED) is 0.356. The molecule has 0 aliphatic carbocycles. The van der Waals surface area contributed by atoms with Crippen molar-refractivity contribution in [1.82, 2.24) is 5.32 Å². The Balaban J connectivity index is 0.000000490. The summed E-state index contributed by atoms with van der Waals surface area (Å²) in [6, 6.07) is 0. The molecule has 7 heavy (non-hydrogen) atoms. The second-order valence-corrected chi connectivity index (χ2v) is 2.00. The lowest BCUT2D eigenvalue weighted by atomic mass is 10.4. The third-order valence-electron chi connectivity index (χ3n) is 1.31. The Morgan fingerprint density at radius 3 is 2.29 bits per heavy atom. The molecule has 1 fully saturated rings. The van der Waals surface area contributed by atoms with Crippen LogP contribution in [0.1, 0.15) is 1.43 Å². The van der Waals surface area contributed by atoms with Crippen LogP contribution in [0.2, 0.25) is 0 Å². The van der Waals surface area contributed by atoms with E-state index in [0.717, 1.165) is 13.1 Å². The van der Waals surface area contributed by atoms with Crippen LogP contribution in [0.3, 0.4) is 0 Å². The molecule has 0 radical (unpaired) electrons. The summed E-state index contributed by atoms with van der Waals surface area (Å²) in [5.74, 6) is 0. The normalized spacial score (nSPS) is 25.3. The Bertz CT molecular complexity index is 52.4. The summed E-state index contributed by atoms with van der Waals surface area (Å²) in [5.41, 5.74) is 0. The number of hydrogen-bond donors (Lipinski definition) is 2. The largest absolute Gasteiger partial charge is 0.466 e. The molecule has 2 heteroatoms. The van der Waals surface area contributed by atoms with Crippen LogP contribution >= 0.6 is 0 Å². The van der Waals surface area contributed by atoms with Gasteiger partial charge in [-0.3, -0.25) is 0 Å². The van der Waals surface area contributed by atoms with Gasteiger partial charge in [-0.25, -0.2) is 0 Å². The average Bonchev–Trinajstić information content (AvgIpc) is 1.69. The molecule has 2 N–H and O–H groups in total. The van der Waals surface area contributed by atoms with Crippen LogP contribution in [0.4, 0.5) is 0 Å². The fraction of sp³-hybridized carbons (Fsp3) is 0.800. The molecule has 0 atom stereocenters. The van der Waals surface area contributed by atoms with Gasteiger partial charge in [-0.2, -0.15) is 7.05 Å². The molecule has 1 saturated heterocycles. The molecule has 44 valence electrons. The highest BCUT2D eigenvalue weighted by molar-refractivity contribution is 4.48. The average molecular weight is 102 g/mol. The standard InChI is InChI=1S/C5H12N2.H2/c1-7-4-2-6-3-5-7;/h6-7H,1-5H2;1H. The summed E-state index contributed by atoms with van der Waals surface area (Å²) in [6.45, 7) is 4.64. The first-order valence-corrected chi connectivity index (χ1v) is 2.77. The van der Waals surface area contributed by atoms with Gasteiger partial charge in [-0.05, 0) is 0 Å². The van der Waals surface area contributed by atoms with Gasteiger partial charge in [-0.15, -0.1) is 0 Å². The van der Waals surface area contributed by atoms with E-state index in [4.69, 9.17) is 0 Å². The molecule has 0 saturated carbocycles. The summed E-state index contributed by atoms with van der Waals surface area (Å²) in [5, 5.41) is 3.25. The van der Waals surface area contributed by atoms with E-state index in [0.29, 0.717) is 0 Å². The van der Waals surface area contributed by atoms with Gasteiger partial charge in [0.15, 0.2) is 0 Å². The highest BCUT2D eigenvalue weighted by Crippen LogP contribution is 1.59. The van der Waals surface area contributed by atoms with Gasteiger partial charge in [0.1, 0.15) is 0 Å². The third kappa shape index (κ3) is 1.45. The number of hydrogen-bond acceptors (Lipinski definition) is 1. The lowest BCUT2D eigenvalue weighted by Gasteiger charge is -2.25. The highest BCUT2D eigenvalue weighted by atomic mass is 15.2. The molecule has 1 aliphatic rings. The Morgan fingerprint density at radius 2 is 2.00 bits per heavy atom. The van der Waals surface area contributed by atoms with E-state index < -0.39 is 0 Å². The number of piperazine rings is 1. The molecule has 0 aromatic rings. The Labute approximate surface area is 46.0 Å². The number of quaternary nitrogens is 1. The Kier molecular flexibility index (Phi) is 1.65. The number of nitrogens with one attached hydrogen (secondary N) is 2. The second kappa shape index (κ2) is 2.28. The van der Waals surface area contributed by atoms with E-state index in [1.54, 1.807) is 0 Å². The lowest BCUT2D eigenvalue weighted by molar-refractivity contribution is -0.855. The Morgan fingerprint density at radius 1 is 1.43 bits per heavy atom. The van der Waals surface area contributed by atoms with Gasteiger partial charge >= 0.3 is 0 Å². The molecule has 1 rings (SSSR count). The van der Waals surface area contributed by atoms with Crippen molar-refractivity contribution in [3.8, 4) is 0 Å². The molecule has 0 amide bonds. The predicted molar refractivity (Wildman–Crippen MR) is 31.0 cm³/mol. The first-order valence-electron chi connectivity index (χ1n) is 2.77. The van der Waals surface area contributed by atoms with Crippen LogP contribution < -0.4 is 10.2 Å². The monoisotopic (exact) mass is 102 g/mol. The van der Waals surface area contributed by atoms with Crippen molar-refractivity contribution in [3.05, 3.63) is 7.05 Å². The van der Waals surface area contributed by atoms with Gasteiger partial charge in [0.05, 0.1) is 13.1 Å². The SMILES string of the molecule is [CH2-][NH+]1CCNCC1.[HH]. The van der Waals surface area contributed by atoms with Crippen LogP contribution in [0.15, 0.2) is 0 Å². The van der Waals surface area contributed by atoms with E-state index in [-0.39, 0.29) is 1.43 Å². The van der Waals surface area contributed by atoms with E-state index >= 15 is 0 Å². The fourth-order valence-corrected chi connectivity index (χ4v) is 0.780. The summed E-state index contributed by atoms with van der Waals surface area (Å²) >= 11 is 0. The molecule has 0 unspecified atom stereocenters. The van der Waals surface area contributed by atoms with Gasteiger partial charge in [0, 0.05) is 14.5 Å². The molecule has 0 spiro atoms. The maximum Gasteiger partial charge on any atom is 0.0657 e. The van der Waals surface area contributed by atoms with Gasteiger partial charge in [0.25, 0.3) is 0 Å². The second-order valence-electron chi connectivity index (χ2n) is 2.00. The summed E-state index contributed by atoms with van der Waals surface area (Å²) in [4.78, 5) is 1.40. The first kappa shape index (κ1) is 5.06. The zero-order valence-electron chi connectivity index (χ0n) is 4.54. The van der Waals surface area contributed by atoms with Crippen molar-refractivity contribution in [3.63, 3.8) is 0 Å². The first-order chi connectivity index (χ1) is 3.39. The van der Waals surface area contributed by atoms with Crippen molar-refractivity contribution < 1.29 is 6.33 Å². The van der Waals surface area contributed by atoms with E-state index in [1.165, 1.54) is 18.0 Å². The van der Waals surface area contributed by atoms with Gasteiger partial charge < -0.3 is 10.2 Å². The van der Waals surface area contributed by atoms with Gasteiger partial charge in [-0.1, -0.05) is 0 Å². The lowest BCUT2D eigenvalue weighted by Crippen LogP contribution is -3.10. The number of rotatable bonds is 0. The van der Waals surface area contributed by atoms with E-state index in [2.05, 4.69) is 12.4 Å². The zero-order valence-corrected chi connectivity index (χ0v) is 4.54. The van der Waals surface area contributed by atoms with Crippen LogP contribution in [0.25, 0.3) is 0 Å². The summed E-state index contributed by atoms with van der Waals surface area (Å²) in [7, 11) is 3.87. The molecule has 0 aromatic heterocycles. The highest BCUT2D eigenvalue weighted by Gasteiger charge is 2.00. The summed E-state index contributed by atoms with van der Waals surface area (Å²) in [6.07, 6.45) is 0. The maximum atomic E-state index is 3.87. The molecular formula is C5H14N2. The van der Waals surface area contributed by atoms with Crippen LogP contribution in [0, 0.1) is 7.05 Å². The zero-order chi connectivity index (χ0) is 5.11. The minimum absolute atomic E-state index is 0. The minimum atomic E-state index is 0. The minimum Gasteiger partial charge on any atom is -0.466 e. The fourth-order valence-electron chi connectivity index (χ4n) is 0.780. The van der Waals surface area contributed by atoms with Gasteiger partial charge in [0.2, 0.25) is 0 Å². The molecule has 1 heterocycles. The molecule has 0 bridgehead atoms. The Hall–Kier alpha value is -0.0800. The van der Waals surface area contributed by atoms with Crippen molar-refractivity contribution in [2.75, 3.05) is 26.2 Å². The topological polar surface area (TPSA) is 16.5 Å². The molecule has 0 aromatic carbocycles. The maximum absolute atomic E-state index is 3.87. The van der Waals surface area contributed by atoms with Crippen molar-refractivity contribution in [2.45, 2.75) is 0 Å². The van der Waals surface area contributed by atoms with Crippen molar-refractivity contribution in [1.29, 1.82) is 0 Å². The van der Waals surface area contributed by atoms with Crippen molar-refractivity contribution in [2.24, 2.45) is 0 Å². The van der Waals surface area contributed by atoms with Crippen LogP contribution in [0.5, 0.6) is 0 Å². The van der Waals surface area contributed by atoms with E-state index in [1.807, 2.05) is 0 Å².